The van der Waals surface area contributed by atoms with Gasteiger partial charge in [-0.3, -0.25) is 9.59 Å². The maximum atomic E-state index is 12.6. The minimum atomic E-state index is -1.68. The molecular weight excluding hydrogens is 823 g/mol. The number of esters is 2. The molecule has 0 radical (unpaired) electrons. The maximum Gasteiger partial charge on any atom is 0.406 e. The number of rotatable bonds is 8. The topological polar surface area (TPSA) is 188 Å². The molecule has 2 N–H and O–H groups in total. The fourth-order valence-electron chi connectivity index (χ4n) is 4.93. The minimum Gasteiger partial charge on any atom is -0.479 e. The number of halogens is 1. The zero-order valence-electron chi connectivity index (χ0n) is 31.0. The summed E-state index contributed by atoms with van der Waals surface area (Å²) in [6.07, 6.45) is -2.54. The van der Waals surface area contributed by atoms with Crippen LogP contribution < -0.4 is 29.9 Å². The molecule has 2 aromatic rings. The number of carbonyl (C=O) groups is 6. The van der Waals surface area contributed by atoms with Crippen LogP contribution in [-0.4, -0.2) is 111 Å². The molecule has 2 aliphatic heterocycles. The summed E-state index contributed by atoms with van der Waals surface area (Å²) in [4.78, 5) is 74.7. The van der Waals surface area contributed by atoms with Crippen LogP contribution in [0.1, 0.15) is 40.1 Å². The van der Waals surface area contributed by atoms with E-state index < -0.39 is 44.4 Å². The van der Waals surface area contributed by atoms with E-state index in [0.717, 1.165) is 0 Å². The Hall–Kier alpha value is -5.03. The first-order chi connectivity index (χ1) is 25.0. The SMILES string of the molecule is COC(=O)NCCN1C(=O)[C@@H](C)Oc2cc(C#C[Si](C)(C)C)c(C(=O)OC)cc21.COC(=O)NCCN1C(=O)[C@@H](C)Oc2cc(I)c(C(=O)OC)cc21. The van der Waals surface area contributed by atoms with Crippen LogP contribution in [0.2, 0.25) is 19.6 Å². The van der Waals surface area contributed by atoms with E-state index in [1.165, 1.54) is 38.2 Å². The van der Waals surface area contributed by atoms with Crippen molar-refractivity contribution < 1.29 is 57.2 Å². The predicted octanol–water partition coefficient (Wildman–Crippen LogP) is 3.72. The summed E-state index contributed by atoms with van der Waals surface area (Å²) in [5.41, 5.74) is 5.22. The molecule has 4 amide bonds. The van der Waals surface area contributed by atoms with E-state index in [2.05, 4.69) is 51.2 Å². The Bertz CT molecular complexity index is 1820. The molecule has 0 spiro atoms. The summed E-state index contributed by atoms with van der Waals surface area (Å²) in [5, 5.41) is 5.05. The van der Waals surface area contributed by atoms with Crippen molar-refractivity contribution in [2.45, 2.75) is 45.7 Å². The Balaban J connectivity index is 0.000000290. The molecule has 18 heteroatoms. The highest BCUT2D eigenvalue weighted by Crippen LogP contribution is 2.38. The number of nitrogens with zero attached hydrogens (tertiary/aromatic N) is 2. The van der Waals surface area contributed by atoms with Crippen LogP contribution in [-0.2, 0) is 28.5 Å². The zero-order chi connectivity index (χ0) is 39.6. The molecule has 2 heterocycles. The first-order valence-corrected chi connectivity index (χ1v) is 20.8. The predicted molar refractivity (Wildman–Crippen MR) is 204 cm³/mol. The zero-order valence-corrected chi connectivity index (χ0v) is 34.1. The van der Waals surface area contributed by atoms with E-state index in [1.54, 1.807) is 38.1 Å². The molecule has 2 aliphatic rings. The summed E-state index contributed by atoms with van der Waals surface area (Å²) < 4.78 is 30.7. The number of alkyl carbamates (subject to hydrolysis) is 2. The summed E-state index contributed by atoms with van der Waals surface area (Å²) in [7, 11) is 3.42. The first-order valence-electron chi connectivity index (χ1n) is 16.3. The van der Waals surface area contributed by atoms with Gasteiger partial charge in [0.1, 0.15) is 19.6 Å². The third-order valence-electron chi connectivity index (χ3n) is 7.53. The number of hydrogen-bond donors (Lipinski definition) is 2. The number of benzene rings is 2. The van der Waals surface area contributed by atoms with Gasteiger partial charge in [0.25, 0.3) is 11.8 Å². The van der Waals surface area contributed by atoms with Crippen LogP contribution in [0.3, 0.4) is 0 Å². The molecule has 4 rings (SSSR count). The van der Waals surface area contributed by atoms with Crippen LogP contribution in [0.25, 0.3) is 0 Å². The van der Waals surface area contributed by atoms with Gasteiger partial charge in [-0.2, -0.15) is 0 Å². The first kappa shape index (κ1) is 42.4. The molecule has 0 aromatic heterocycles. The molecule has 0 saturated carbocycles. The third-order valence-corrected chi connectivity index (χ3v) is 9.29. The fourth-order valence-corrected chi connectivity index (χ4v) is 6.10. The second-order valence-electron chi connectivity index (χ2n) is 12.5. The van der Waals surface area contributed by atoms with E-state index in [1.807, 2.05) is 22.6 Å². The van der Waals surface area contributed by atoms with Crippen molar-refractivity contribution in [2.75, 3.05) is 64.4 Å². The molecule has 0 saturated heterocycles. The molecule has 0 aliphatic carbocycles. The molecule has 53 heavy (non-hydrogen) atoms. The van der Waals surface area contributed by atoms with E-state index in [-0.39, 0.29) is 43.6 Å². The molecule has 0 fully saturated rings. The van der Waals surface area contributed by atoms with Crippen molar-refractivity contribution in [3.05, 3.63) is 44.5 Å². The van der Waals surface area contributed by atoms with Gasteiger partial charge in [0.2, 0.25) is 0 Å². The van der Waals surface area contributed by atoms with Gasteiger partial charge in [-0.05, 0) is 60.7 Å². The Morgan fingerprint density at radius 1 is 0.736 bits per heavy atom. The standard InChI is InChI=1S/C20H26N2O6Si.C15H17IN2O6/c1-13-18(23)22(9-8-21-20(25)27-3)16-12-15(19(24)26-2)14(11-17(16)28-13)7-10-29(4,5)6;1-8-13(19)18(5-4-17-15(21)23-3)11-6-9(14(20)22-2)10(16)7-12(11)24-8/h11-13H,8-9H2,1-6H3,(H,21,25);6-8H,4-5H2,1-3H3,(H,17,21)/t13-;8-/m11/s1. The van der Waals surface area contributed by atoms with Crippen LogP contribution in [0.4, 0.5) is 21.0 Å². The van der Waals surface area contributed by atoms with Crippen molar-refractivity contribution in [2.24, 2.45) is 0 Å². The van der Waals surface area contributed by atoms with E-state index in [0.29, 0.717) is 37.6 Å². The summed E-state index contributed by atoms with van der Waals surface area (Å²) >= 11 is 2.01. The number of nitrogens with one attached hydrogen (secondary N) is 2. The van der Waals surface area contributed by atoms with Gasteiger partial charge in [0, 0.05) is 35.3 Å². The van der Waals surface area contributed by atoms with Gasteiger partial charge in [0.15, 0.2) is 12.2 Å². The normalized spacial score (nSPS) is 15.7. The Morgan fingerprint density at radius 2 is 1.17 bits per heavy atom. The lowest BCUT2D eigenvalue weighted by Gasteiger charge is -2.33. The average molecular weight is 867 g/mol. The minimum absolute atomic E-state index is 0.176. The van der Waals surface area contributed by atoms with E-state index in [4.69, 9.17) is 18.9 Å². The highest BCUT2D eigenvalue weighted by Gasteiger charge is 2.34. The Kier molecular flexibility index (Phi) is 14.9. The van der Waals surface area contributed by atoms with Gasteiger partial charge in [-0.25, -0.2) is 19.2 Å². The smallest absolute Gasteiger partial charge is 0.406 e. The average Bonchev–Trinajstić information content (AvgIpc) is 3.12. The van der Waals surface area contributed by atoms with Crippen molar-refractivity contribution in [1.29, 1.82) is 0 Å². The van der Waals surface area contributed by atoms with E-state index in [9.17, 15) is 28.8 Å². The van der Waals surface area contributed by atoms with E-state index >= 15 is 0 Å². The largest absolute Gasteiger partial charge is 0.479 e. The Morgan fingerprint density at radius 3 is 1.60 bits per heavy atom. The maximum absolute atomic E-state index is 12.6. The van der Waals surface area contributed by atoms with Crippen molar-refractivity contribution in [3.8, 4) is 23.0 Å². The molecule has 2 aromatic carbocycles. The highest BCUT2D eigenvalue weighted by atomic mass is 127. The number of carbonyl (C=O) groups excluding carboxylic acids is 6. The van der Waals surface area contributed by atoms with Gasteiger partial charge in [-0.1, -0.05) is 25.6 Å². The van der Waals surface area contributed by atoms with Gasteiger partial charge >= 0.3 is 24.1 Å². The van der Waals surface area contributed by atoms with Crippen LogP contribution in [0, 0.1) is 15.0 Å². The van der Waals surface area contributed by atoms with Crippen molar-refractivity contribution >= 4 is 78.0 Å². The summed E-state index contributed by atoms with van der Waals surface area (Å²) in [6.45, 7) is 10.4. The lowest BCUT2D eigenvalue weighted by Crippen LogP contribution is -2.47. The van der Waals surface area contributed by atoms with Gasteiger partial charge < -0.3 is 48.9 Å². The Labute approximate surface area is 322 Å². The summed E-state index contributed by atoms with van der Waals surface area (Å²) in [6, 6.07) is 6.46. The van der Waals surface area contributed by atoms with Gasteiger partial charge in [0.05, 0.1) is 50.9 Å². The monoisotopic (exact) mass is 866 g/mol. The van der Waals surface area contributed by atoms with Crippen LogP contribution >= 0.6 is 22.6 Å². The van der Waals surface area contributed by atoms with Crippen LogP contribution in [0.5, 0.6) is 11.5 Å². The molecule has 0 bridgehead atoms. The van der Waals surface area contributed by atoms with Crippen LogP contribution in [0.15, 0.2) is 24.3 Å². The quantitative estimate of drug-likeness (QED) is 0.129. The van der Waals surface area contributed by atoms with Crippen molar-refractivity contribution in [1.82, 2.24) is 10.6 Å². The molecule has 16 nitrogen and oxygen atoms in total. The number of ether oxygens (including phenoxy) is 6. The summed E-state index contributed by atoms with van der Waals surface area (Å²) in [5.74, 6) is 2.44. The number of fused-ring (bicyclic) bond motifs is 2. The third kappa shape index (κ3) is 11.0. The molecular formula is C35H43IN4O12Si. The second-order valence-corrected chi connectivity index (χ2v) is 18.4. The number of hydrogen-bond acceptors (Lipinski definition) is 12. The number of anilines is 2. The lowest BCUT2D eigenvalue weighted by atomic mass is 10.0. The fraction of sp³-hybridized carbons (Fsp3) is 0.429. The number of amides is 4. The molecule has 0 unspecified atom stereocenters. The molecule has 2 atom stereocenters. The van der Waals surface area contributed by atoms with Crippen molar-refractivity contribution in [3.63, 3.8) is 0 Å². The number of methoxy groups -OCH3 is 4. The molecule has 286 valence electrons. The lowest BCUT2D eigenvalue weighted by molar-refractivity contribution is -0.126. The highest BCUT2D eigenvalue weighted by molar-refractivity contribution is 14.1. The second kappa shape index (κ2) is 18.6. The van der Waals surface area contributed by atoms with Gasteiger partial charge in [-0.15, -0.1) is 5.54 Å².